The van der Waals surface area contributed by atoms with Crippen molar-refractivity contribution >= 4 is 17.2 Å². The molecule has 2 N–H and O–H groups in total. The van der Waals surface area contributed by atoms with Crippen molar-refractivity contribution in [1.29, 1.82) is 0 Å². The first kappa shape index (κ1) is 15.1. The van der Waals surface area contributed by atoms with E-state index in [1.165, 1.54) is 17.8 Å². The highest BCUT2D eigenvalue weighted by Crippen LogP contribution is 2.35. The lowest BCUT2D eigenvalue weighted by atomic mass is 9.75. The molecule has 1 aliphatic rings. The van der Waals surface area contributed by atoms with E-state index in [0.717, 1.165) is 34.6 Å². The van der Waals surface area contributed by atoms with Crippen LogP contribution in [0.1, 0.15) is 59.1 Å². The van der Waals surface area contributed by atoms with Gasteiger partial charge in [-0.3, -0.25) is 4.79 Å². The number of amides is 1. The minimum atomic E-state index is 0.0230. The molecule has 0 atom stereocenters. The molecule has 0 saturated heterocycles. The van der Waals surface area contributed by atoms with Crippen molar-refractivity contribution in [3.8, 4) is 11.8 Å². The highest BCUT2D eigenvalue weighted by molar-refractivity contribution is 7.14. The van der Waals surface area contributed by atoms with Crippen molar-refractivity contribution in [3.05, 3.63) is 21.4 Å². The maximum atomic E-state index is 12.3. The van der Waals surface area contributed by atoms with E-state index < -0.39 is 0 Å². The van der Waals surface area contributed by atoms with Crippen LogP contribution in [0.2, 0.25) is 0 Å². The van der Waals surface area contributed by atoms with E-state index >= 15 is 0 Å². The average Bonchev–Trinajstić information content (AvgIpc) is 2.76. The van der Waals surface area contributed by atoms with Crippen molar-refractivity contribution in [2.24, 2.45) is 0 Å². The molecule has 108 valence electrons. The third-order valence-electron chi connectivity index (χ3n) is 3.95. The van der Waals surface area contributed by atoms with Crippen molar-refractivity contribution in [2.45, 2.75) is 51.5 Å². The van der Waals surface area contributed by atoms with Crippen molar-refractivity contribution < 1.29 is 9.90 Å². The van der Waals surface area contributed by atoms with Gasteiger partial charge in [0.25, 0.3) is 5.91 Å². The molecule has 0 spiro atoms. The van der Waals surface area contributed by atoms with Crippen LogP contribution in [0.15, 0.2) is 6.07 Å². The molecule has 0 bridgehead atoms. The van der Waals surface area contributed by atoms with Gasteiger partial charge in [-0.2, -0.15) is 0 Å². The molecule has 1 amide bonds. The third kappa shape index (κ3) is 3.23. The van der Waals surface area contributed by atoms with Gasteiger partial charge < -0.3 is 10.4 Å². The molecule has 1 heterocycles. The standard InChI is InChI=1S/C16H21NO2S/c1-3-16(8-6-9-16)17-15(19)14-11-12(2)13(20-14)7-4-5-10-18/h11,18H,3,5-6,8-10H2,1-2H3,(H,17,19). The molecule has 1 saturated carbocycles. The number of aliphatic hydroxyl groups is 1. The molecule has 1 aromatic heterocycles. The van der Waals surface area contributed by atoms with Gasteiger partial charge in [-0.25, -0.2) is 0 Å². The average molecular weight is 291 g/mol. The lowest BCUT2D eigenvalue weighted by Gasteiger charge is -2.41. The van der Waals surface area contributed by atoms with Gasteiger partial charge in [-0.05, 0) is 44.2 Å². The topological polar surface area (TPSA) is 49.3 Å². The van der Waals surface area contributed by atoms with Crippen LogP contribution in [0.5, 0.6) is 0 Å². The van der Waals surface area contributed by atoms with Crippen LogP contribution in [0.25, 0.3) is 0 Å². The van der Waals surface area contributed by atoms with E-state index in [4.69, 9.17) is 5.11 Å². The van der Waals surface area contributed by atoms with Crippen molar-refractivity contribution in [3.63, 3.8) is 0 Å². The first-order valence-electron chi connectivity index (χ1n) is 7.13. The van der Waals surface area contributed by atoms with Crippen LogP contribution >= 0.6 is 11.3 Å². The smallest absolute Gasteiger partial charge is 0.261 e. The molecule has 0 radical (unpaired) electrons. The number of rotatable bonds is 4. The molecule has 1 fully saturated rings. The largest absolute Gasteiger partial charge is 0.395 e. The maximum Gasteiger partial charge on any atom is 0.261 e. The lowest BCUT2D eigenvalue weighted by Crippen LogP contribution is -2.52. The summed E-state index contributed by atoms with van der Waals surface area (Å²) in [5, 5.41) is 11.9. The number of nitrogens with one attached hydrogen (secondary N) is 1. The van der Waals surface area contributed by atoms with E-state index in [-0.39, 0.29) is 18.1 Å². The van der Waals surface area contributed by atoms with E-state index in [1.807, 2.05) is 13.0 Å². The predicted octanol–water partition coefficient (Wildman–Crippen LogP) is 2.85. The summed E-state index contributed by atoms with van der Waals surface area (Å²) in [5.74, 6) is 5.95. The van der Waals surface area contributed by atoms with E-state index in [2.05, 4.69) is 24.1 Å². The Labute approximate surface area is 124 Å². The van der Waals surface area contributed by atoms with Crippen molar-refractivity contribution in [1.82, 2.24) is 5.32 Å². The number of hydrogen-bond donors (Lipinski definition) is 2. The van der Waals surface area contributed by atoms with Gasteiger partial charge in [0.05, 0.1) is 16.4 Å². The molecule has 1 aromatic rings. The normalized spacial score (nSPS) is 15.9. The summed E-state index contributed by atoms with van der Waals surface area (Å²) in [6.07, 6.45) is 4.84. The number of carbonyl (C=O) groups excluding carboxylic acids is 1. The number of thiophene rings is 1. The fourth-order valence-corrected chi connectivity index (χ4v) is 3.33. The van der Waals surface area contributed by atoms with Gasteiger partial charge in [0.2, 0.25) is 0 Å². The molecular formula is C16H21NO2S. The Hall–Kier alpha value is -1.31. The zero-order valence-corrected chi connectivity index (χ0v) is 12.9. The Morgan fingerprint density at radius 1 is 1.55 bits per heavy atom. The van der Waals surface area contributed by atoms with Crippen LogP contribution < -0.4 is 5.32 Å². The zero-order chi connectivity index (χ0) is 14.6. The summed E-state index contributed by atoms with van der Waals surface area (Å²) in [7, 11) is 0. The van der Waals surface area contributed by atoms with Crippen LogP contribution in [0.4, 0.5) is 0 Å². The van der Waals surface area contributed by atoms with Gasteiger partial charge in [-0.1, -0.05) is 18.8 Å². The number of carbonyl (C=O) groups is 1. The number of hydrogen-bond acceptors (Lipinski definition) is 3. The van der Waals surface area contributed by atoms with Gasteiger partial charge in [0.15, 0.2) is 0 Å². The van der Waals surface area contributed by atoms with Gasteiger partial charge >= 0.3 is 0 Å². The first-order valence-corrected chi connectivity index (χ1v) is 7.94. The fourth-order valence-electron chi connectivity index (χ4n) is 2.39. The summed E-state index contributed by atoms with van der Waals surface area (Å²) < 4.78 is 0. The second kappa shape index (κ2) is 6.43. The van der Waals surface area contributed by atoms with E-state index in [1.54, 1.807) is 0 Å². The predicted molar refractivity (Wildman–Crippen MR) is 82.0 cm³/mol. The Balaban J connectivity index is 2.08. The minimum Gasteiger partial charge on any atom is -0.395 e. The Morgan fingerprint density at radius 3 is 2.85 bits per heavy atom. The highest BCUT2D eigenvalue weighted by atomic mass is 32.1. The highest BCUT2D eigenvalue weighted by Gasteiger charge is 2.36. The molecule has 2 rings (SSSR count). The minimum absolute atomic E-state index is 0.0230. The molecule has 20 heavy (non-hydrogen) atoms. The van der Waals surface area contributed by atoms with Crippen LogP contribution in [-0.2, 0) is 0 Å². The lowest BCUT2D eigenvalue weighted by molar-refractivity contribution is 0.0824. The molecular weight excluding hydrogens is 270 g/mol. The van der Waals surface area contributed by atoms with E-state index in [9.17, 15) is 4.79 Å². The molecule has 0 aromatic carbocycles. The number of aryl methyl sites for hydroxylation is 1. The Bertz CT molecular complexity index is 541. The summed E-state index contributed by atoms with van der Waals surface area (Å²) in [6, 6.07) is 1.91. The monoisotopic (exact) mass is 291 g/mol. The number of aliphatic hydroxyl groups excluding tert-OH is 1. The van der Waals surface area contributed by atoms with Gasteiger partial charge in [-0.15, -0.1) is 11.3 Å². The van der Waals surface area contributed by atoms with Crippen molar-refractivity contribution in [2.75, 3.05) is 6.61 Å². The second-order valence-electron chi connectivity index (χ2n) is 5.34. The van der Waals surface area contributed by atoms with E-state index in [0.29, 0.717) is 6.42 Å². The molecule has 0 unspecified atom stereocenters. The van der Waals surface area contributed by atoms with Gasteiger partial charge in [0.1, 0.15) is 0 Å². The quantitative estimate of drug-likeness (QED) is 0.838. The fraction of sp³-hybridized carbons (Fsp3) is 0.562. The molecule has 0 aliphatic heterocycles. The zero-order valence-electron chi connectivity index (χ0n) is 12.1. The van der Waals surface area contributed by atoms with Crippen LogP contribution in [0.3, 0.4) is 0 Å². The molecule has 1 aliphatic carbocycles. The SMILES string of the molecule is CCC1(NC(=O)c2cc(C)c(C#CCCO)s2)CCC1. The summed E-state index contributed by atoms with van der Waals surface area (Å²) >= 11 is 1.44. The maximum absolute atomic E-state index is 12.3. The van der Waals surface area contributed by atoms with Crippen LogP contribution in [-0.4, -0.2) is 23.2 Å². The summed E-state index contributed by atoms with van der Waals surface area (Å²) in [5.41, 5.74) is 1.06. The first-order chi connectivity index (χ1) is 9.60. The summed E-state index contributed by atoms with van der Waals surface area (Å²) in [4.78, 5) is 14.0. The third-order valence-corrected chi connectivity index (χ3v) is 5.10. The molecule has 4 heteroatoms. The van der Waals surface area contributed by atoms with Crippen LogP contribution in [0, 0.1) is 18.8 Å². The Kier molecular flexibility index (Phi) is 4.85. The Morgan fingerprint density at radius 2 is 2.30 bits per heavy atom. The molecule has 3 nitrogen and oxygen atoms in total. The second-order valence-corrected chi connectivity index (χ2v) is 6.39. The summed E-state index contributed by atoms with van der Waals surface area (Å²) in [6.45, 7) is 4.17. The van der Waals surface area contributed by atoms with Gasteiger partial charge in [0, 0.05) is 12.0 Å².